The number of aliphatic hydroxyl groups excluding tert-OH is 3. The Morgan fingerprint density at radius 2 is 1.97 bits per heavy atom. The van der Waals surface area contributed by atoms with E-state index in [1.54, 1.807) is 0 Å². The van der Waals surface area contributed by atoms with Crippen LogP contribution in [0.1, 0.15) is 12.5 Å². The van der Waals surface area contributed by atoms with Crippen molar-refractivity contribution in [2.75, 3.05) is 6.61 Å². The Hall–Kier alpha value is -2.25. The standard InChI is InChI=1S/C18H24F3N3O6/c1-8(26)24-13-12(22)16(20)18(21,30-15(13)14(28)11(27)7-25)17(29)23-6-9-4-2-3-5-10(9)19/h2-5,11-16,25,27-28H,6-7,22H2,1H3,(H,23,29)(H,24,26)/t11-,12-,13-,14-,15-,16-,18-/m1/s1. The van der Waals surface area contributed by atoms with Crippen molar-refractivity contribution in [2.45, 2.75) is 55.9 Å². The number of alkyl halides is 2. The lowest BCUT2D eigenvalue weighted by Crippen LogP contribution is -2.74. The number of rotatable bonds is 7. The van der Waals surface area contributed by atoms with Gasteiger partial charge in [0.1, 0.15) is 24.1 Å². The smallest absolute Gasteiger partial charge is 0.321 e. The number of carbonyl (C=O) groups is 2. The van der Waals surface area contributed by atoms with E-state index in [-0.39, 0.29) is 5.56 Å². The third-order valence-corrected chi connectivity index (χ3v) is 4.76. The highest BCUT2D eigenvalue weighted by molar-refractivity contribution is 5.84. The number of hydrogen-bond donors (Lipinski definition) is 6. The first kappa shape index (κ1) is 24.0. The lowest BCUT2D eigenvalue weighted by atomic mass is 9.86. The number of benzene rings is 1. The summed E-state index contributed by atoms with van der Waals surface area (Å²) in [6.07, 6.45) is -8.56. The van der Waals surface area contributed by atoms with Crippen molar-refractivity contribution in [1.82, 2.24) is 10.6 Å². The highest BCUT2D eigenvalue weighted by atomic mass is 19.2. The second-order valence-corrected chi connectivity index (χ2v) is 6.95. The second-order valence-electron chi connectivity index (χ2n) is 6.95. The van der Waals surface area contributed by atoms with Crippen molar-refractivity contribution in [3.63, 3.8) is 0 Å². The molecule has 0 aromatic heterocycles. The van der Waals surface area contributed by atoms with Crippen LogP contribution in [-0.2, 0) is 20.9 Å². The van der Waals surface area contributed by atoms with Crippen LogP contribution in [0.5, 0.6) is 0 Å². The molecule has 168 valence electrons. The van der Waals surface area contributed by atoms with Gasteiger partial charge in [0.25, 0.3) is 5.91 Å². The van der Waals surface area contributed by atoms with E-state index in [4.69, 9.17) is 15.6 Å². The fourth-order valence-electron chi connectivity index (χ4n) is 3.12. The molecule has 1 aromatic carbocycles. The Labute approximate surface area is 170 Å². The van der Waals surface area contributed by atoms with Gasteiger partial charge in [-0.2, -0.15) is 4.39 Å². The van der Waals surface area contributed by atoms with Gasteiger partial charge in [-0.15, -0.1) is 0 Å². The van der Waals surface area contributed by atoms with E-state index in [9.17, 15) is 28.6 Å². The fraction of sp³-hybridized carbons (Fsp3) is 0.556. The first-order valence-corrected chi connectivity index (χ1v) is 9.05. The summed E-state index contributed by atoms with van der Waals surface area (Å²) in [5.41, 5.74) is 5.67. The van der Waals surface area contributed by atoms with Crippen LogP contribution < -0.4 is 16.4 Å². The molecule has 1 fully saturated rings. The summed E-state index contributed by atoms with van der Waals surface area (Å²) in [6.45, 7) is -0.421. The molecule has 0 saturated carbocycles. The summed E-state index contributed by atoms with van der Waals surface area (Å²) < 4.78 is 48.7. The van der Waals surface area contributed by atoms with Crippen molar-refractivity contribution in [2.24, 2.45) is 5.73 Å². The summed E-state index contributed by atoms with van der Waals surface area (Å²) in [5, 5.41) is 33.1. The number of hydrogen-bond acceptors (Lipinski definition) is 7. The van der Waals surface area contributed by atoms with Crippen molar-refractivity contribution >= 4 is 11.8 Å². The maximum atomic E-state index is 15.4. The quantitative estimate of drug-likeness (QED) is 0.301. The van der Waals surface area contributed by atoms with E-state index >= 15 is 4.39 Å². The number of halogens is 3. The largest absolute Gasteiger partial charge is 0.394 e. The van der Waals surface area contributed by atoms with Gasteiger partial charge in [0.05, 0.1) is 18.7 Å². The topological polar surface area (TPSA) is 154 Å². The zero-order valence-corrected chi connectivity index (χ0v) is 16.0. The van der Waals surface area contributed by atoms with Gasteiger partial charge in [0, 0.05) is 19.0 Å². The highest BCUT2D eigenvalue weighted by Crippen LogP contribution is 2.35. The number of carbonyl (C=O) groups excluding carboxylic acids is 2. The van der Waals surface area contributed by atoms with Crippen molar-refractivity contribution < 1.29 is 42.8 Å². The van der Waals surface area contributed by atoms with Crippen LogP contribution in [0.3, 0.4) is 0 Å². The summed E-state index contributed by atoms with van der Waals surface area (Å²) in [5.74, 6) is -6.77. The number of aliphatic hydroxyl groups is 3. The van der Waals surface area contributed by atoms with Gasteiger partial charge in [-0.25, -0.2) is 8.78 Å². The van der Waals surface area contributed by atoms with E-state index in [2.05, 4.69) is 5.32 Å². The molecule has 1 heterocycles. The summed E-state index contributed by atoms with van der Waals surface area (Å²) >= 11 is 0. The van der Waals surface area contributed by atoms with Gasteiger partial charge >= 0.3 is 5.85 Å². The molecule has 1 aromatic rings. The van der Waals surface area contributed by atoms with Gasteiger partial charge < -0.3 is 36.4 Å². The molecule has 0 unspecified atom stereocenters. The Morgan fingerprint density at radius 1 is 1.33 bits per heavy atom. The van der Waals surface area contributed by atoms with Crippen molar-refractivity contribution in [3.05, 3.63) is 35.6 Å². The minimum atomic E-state index is -3.72. The molecule has 0 radical (unpaired) electrons. The summed E-state index contributed by atoms with van der Waals surface area (Å²) in [7, 11) is 0. The summed E-state index contributed by atoms with van der Waals surface area (Å²) in [6, 6.07) is 1.91. The van der Waals surface area contributed by atoms with E-state index in [1.807, 2.05) is 5.32 Å². The van der Waals surface area contributed by atoms with Crippen LogP contribution in [0.15, 0.2) is 24.3 Å². The molecule has 1 aliphatic rings. The lowest BCUT2D eigenvalue weighted by Gasteiger charge is -2.46. The molecule has 2 rings (SSSR count). The average molecular weight is 435 g/mol. The molecule has 2 amide bonds. The molecule has 0 aliphatic carbocycles. The Morgan fingerprint density at radius 3 is 2.53 bits per heavy atom. The average Bonchev–Trinajstić information content (AvgIpc) is 2.71. The first-order chi connectivity index (χ1) is 14.0. The van der Waals surface area contributed by atoms with Crippen molar-refractivity contribution in [1.29, 1.82) is 0 Å². The Kier molecular flexibility index (Phi) is 7.77. The van der Waals surface area contributed by atoms with Crippen LogP contribution in [0.4, 0.5) is 13.2 Å². The maximum absolute atomic E-state index is 15.4. The molecule has 0 bridgehead atoms. The fourth-order valence-corrected chi connectivity index (χ4v) is 3.12. The molecular weight excluding hydrogens is 411 g/mol. The molecular formula is C18H24F3N3O6. The third kappa shape index (κ3) is 4.90. The van der Waals surface area contributed by atoms with Crippen LogP contribution >= 0.6 is 0 Å². The zero-order valence-electron chi connectivity index (χ0n) is 16.0. The van der Waals surface area contributed by atoms with E-state index in [1.165, 1.54) is 18.2 Å². The van der Waals surface area contributed by atoms with Gasteiger partial charge in [-0.3, -0.25) is 9.59 Å². The van der Waals surface area contributed by atoms with Gasteiger partial charge in [0.15, 0.2) is 6.17 Å². The molecule has 1 aliphatic heterocycles. The highest BCUT2D eigenvalue weighted by Gasteiger charge is 2.61. The third-order valence-electron chi connectivity index (χ3n) is 4.76. The first-order valence-electron chi connectivity index (χ1n) is 9.05. The molecule has 12 heteroatoms. The zero-order chi connectivity index (χ0) is 22.6. The summed E-state index contributed by atoms with van der Waals surface area (Å²) in [4.78, 5) is 23.8. The molecule has 9 nitrogen and oxygen atoms in total. The Balaban J connectivity index is 2.27. The van der Waals surface area contributed by atoms with Crippen LogP contribution in [0, 0.1) is 5.82 Å². The minimum absolute atomic E-state index is 0.00613. The van der Waals surface area contributed by atoms with Crippen LogP contribution in [-0.4, -0.2) is 76.2 Å². The lowest BCUT2D eigenvalue weighted by molar-refractivity contribution is -0.267. The SMILES string of the molecule is CC(=O)N[C@@H]1[C@@H](N)[C@@H](F)[C@](F)(C(=O)NCc2ccccc2F)O[C@H]1[C@H](O)[C@H](O)CO. The van der Waals surface area contributed by atoms with E-state index < -0.39 is 73.2 Å². The minimum Gasteiger partial charge on any atom is -0.394 e. The predicted molar refractivity (Wildman–Crippen MR) is 96.5 cm³/mol. The second kappa shape index (κ2) is 9.71. The number of nitrogens with two attached hydrogens (primary N) is 1. The maximum Gasteiger partial charge on any atom is 0.321 e. The molecule has 7 N–H and O–H groups in total. The van der Waals surface area contributed by atoms with Gasteiger partial charge in [-0.1, -0.05) is 18.2 Å². The monoisotopic (exact) mass is 435 g/mol. The molecule has 7 atom stereocenters. The number of ether oxygens (including phenoxy) is 1. The van der Waals surface area contributed by atoms with Gasteiger partial charge in [-0.05, 0) is 6.07 Å². The number of amides is 2. The van der Waals surface area contributed by atoms with Gasteiger partial charge in [0.2, 0.25) is 5.91 Å². The molecule has 30 heavy (non-hydrogen) atoms. The predicted octanol–water partition coefficient (Wildman–Crippen LogP) is -1.61. The van der Waals surface area contributed by atoms with Crippen LogP contribution in [0.25, 0.3) is 0 Å². The van der Waals surface area contributed by atoms with Crippen molar-refractivity contribution in [3.8, 4) is 0 Å². The normalized spacial score (nSPS) is 30.9. The number of nitrogens with one attached hydrogen (secondary N) is 2. The molecule has 1 saturated heterocycles. The van der Waals surface area contributed by atoms with E-state index in [0.29, 0.717) is 0 Å². The molecule has 0 spiro atoms. The van der Waals surface area contributed by atoms with Crippen LogP contribution in [0.2, 0.25) is 0 Å². The van der Waals surface area contributed by atoms with E-state index in [0.717, 1.165) is 13.0 Å². The Bertz CT molecular complexity index is 772.